The van der Waals surface area contributed by atoms with Gasteiger partial charge in [-0.25, -0.2) is 0 Å². The highest BCUT2D eigenvalue weighted by atomic mass is 35.5. The smallest absolute Gasteiger partial charge is 0.255 e. The monoisotopic (exact) mass is 476 g/mol. The molecule has 1 fully saturated rings. The van der Waals surface area contributed by atoms with Crippen LogP contribution in [0.15, 0.2) is 29.0 Å². The van der Waals surface area contributed by atoms with Gasteiger partial charge in [0, 0.05) is 16.5 Å². The minimum absolute atomic E-state index is 0.0186. The lowest BCUT2D eigenvalue weighted by molar-refractivity contribution is -0.154. The Labute approximate surface area is 194 Å². The number of nitrogens with zero attached hydrogens (tertiary/aromatic N) is 1. The van der Waals surface area contributed by atoms with E-state index in [9.17, 15) is 34.8 Å². The number of carbonyl (C=O) groups excluding carboxylic acids is 3. The molecule has 1 amide bonds. The van der Waals surface area contributed by atoms with Gasteiger partial charge in [-0.1, -0.05) is 25.4 Å². The Morgan fingerprint density at radius 3 is 2.42 bits per heavy atom. The fraction of sp³-hybridized carbons (Fsp3) is 0.435. The molecule has 0 aliphatic heterocycles. The molecule has 176 valence electrons. The third-order valence-electron chi connectivity index (χ3n) is 7.20. The number of hydrogen-bond donors (Lipinski definition) is 5. The van der Waals surface area contributed by atoms with E-state index in [1.54, 1.807) is 18.7 Å². The summed E-state index contributed by atoms with van der Waals surface area (Å²) in [6.45, 7) is 4.33. The number of fused-ring (bicyclic) bond motifs is 3. The average molecular weight is 477 g/mol. The van der Waals surface area contributed by atoms with Crippen molar-refractivity contribution in [3.05, 3.63) is 45.2 Å². The summed E-state index contributed by atoms with van der Waals surface area (Å²) in [4.78, 5) is 40.7. The molecule has 1 aromatic carbocycles. The van der Waals surface area contributed by atoms with Gasteiger partial charge in [0.25, 0.3) is 5.91 Å². The van der Waals surface area contributed by atoms with E-state index in [-0.39, 0.29) is 29.7 Å². The molecule has 10 heteroatoms. The summed E-state index contributed by atoms with van der Waals surface area (Å²) in [7, 11) is 0. The molecular weight excluding hydrogens is 452 g/mol. The van der Waals surface area contributed by atoms with Gasteiger partial charge in [0.15, 0.2) is 11.4 Å². The molecule has 0 bridgehead atoms. The molecule has 4 rings (SSSR count). The van der Waals surface area contributed by atoms with E-state index in [4.69, 9.17) is 17.3 Å². The molecule has 4 atom stereocenters. The van der Waals surface area contributed by atoms with Crippen molar-refractivity contribution in [2.75, 3.05) is 13.1 Å². The first-order valence-corrected chi connectivity index (χ1v) is 11.1. The third-order valence-corrected chi connectivity index (χ3v) is 7.55. The minimum atomic E-state index is -2.64. The summed E-state index contributed by atoms with van der Waals surface area (Å²) >= 11 is 6.30. The van der Waals surface area contributed by atoms with Gasteiger partial charge in [0.2, 0.25) is 5.78 Å². The summed E-state index contributed by atoms with van der Waals surface area (Å²) in [5.41, 5.74) is 2.12. The quantitative estimate of drug-likeness (QED) is 0.407. The van der Waals surface area contributed by atoms with Crippen molar-refractivity contribution >= 4 is 34.8 Å². The number of benzene rings is 1. The second-order valence-corrected chi connectivity index (χ2v) is 9.05. The number of carbonyl (C=O) groups is 3. The van der Waals surface area contributed by atoms with Crippen LogP contribution in [0, 0.1) is 11.8 Å². The molecule has 3 aliphatic carbocycles. The molecule has 6 N–H and O–H groups in total. The molecule has 3 aliphatic rings. The van der Waals surface area contributed by atoms with Crippen LogP contribution >= 0.6 is 11.6 Å². The van der Waals surface area contributed by atoms with E-state index >= 15 is 0 Å². The van der Waals surface area contributed by atoms with Crippen molar-refractivity contribution in [2.45, 2.75) is 38.3 Å². The Balaban J connectivity index is 1.99. The average Bonchev–Trinajstić information content (AvgIpc) is 2.75. The topological polar surface area (TPSA) is 161 Å². The largest absolute Gasteiger partial charge is 0.508 e. The number of nitrogens with two attached hydrogens (primary N) is 1. The molecular formula is C23H25ClN2O7. The Bertz CT molecular complexity index is 1150. The number of aromatic hydroxyl groups is 1. The summed E-state index contributed by atoms with van der Waals surface area (Å²) in [5, 5.41) is 44.0. The molecule has 0 spiro atoms. The van der Waals surface area contributed by atoms with Crippen molar-refractivity contribution in [3.8, 4) is 5.75 Å². The Morgan fingerprint density at radius 1 is 1.21 bits per heavy atom. The van der Waals surface area contributed by atoms with Crippen LogP contribution in [0.3, 0.4) is 0 Å². The molecule has 0 saturated heterocycles. The number of Topliss-reactive ketones (excluding diaryl/α,β-unsaturated/α-hetero) is 2. The Hall–Kier alpha value is -2.88. The zero-order chi connectivity index (χ0) is 24.4. The maximum absolute atomic E-state index is 13.7. The highest BCUT2D eigenvalue weighted by Gasteiger charge is 2.64. The number of ketones is 2. The van der Waals surface area contributed by atoms with Crippen LogP contribution < -0.4 is 5.73 Å². The first-order chi connectivity index (χ1) is 15.5. The van der Waals surface area contributed by atoms with Gasteiger partial charge in [0.1, 0.15) is 22.8 Å². The van der Waals surface area contributed by atoms with E-state index < -0.39 is 58.0 Å². The highest BCUT2D eigenvalue weighted by Crippen LogP contribution is 2.53. The fourth-order valence-electron chi connectivity index (χ4n) is 5.65. The number of amides is 1. The van der Waals surface area contributed by atoms with Crippen LogP contribution in [-0.4, -0.2) is 67.5 Å². The molecule has 0 aromatic heterocycles. The number of likely N-dealkylation sites (N-methyl/N-ethyl adjacent to an activating group) is 1. The fourth-order valence-corrected chi connectivity index (χ4v) is 5.88. The van der Waals surface area contributed by atoms with Crippen LogP contribution in [0.25, 0.3) is 5.76 Å². The number of aliphatic hydroxyl groups excluding tert-OH is 2. The summed E-state index contributed by atoms with van der Waals surface area (Å²) in [5.74, 6) is -6.73. The number of aliphatic hydroxyl groups is 3. The lowest BCUT2D eigenvalue weighted by Crippen LogP contribution is -2.66. The van der Waals surface area contributed by atoms with Gasteiger partial charge >= 0.3 is 0 Å². The zero-order valence-corrected chi connectivity index (χ0v) is 18.9. The lowest BCUT2D eigenvalue weighted by Gasteiger charge is -2.51. The van der Waals surface area contributed by atoms with Crippen molar-refractivity contribution in [3.63, 3.8) is 0 Å². The van der Waals surface area contributed by atoms with Crippen molar-refractivity contribution < 1.29 is 34.8 Å². The molecule has 33 heavy (non-hydrogen) atoms. The van der Waals surface area contributed by atoms with Crippen molar-refractivity contribution in [2.24, 2.45) is 17.6 Å². The van der Waals surface area contributed by atoms with Gasteiger partial charge in [0.05, 0.1) is 11.6 Å². The van der Waals surface area contributed by atoms with Crippen LogP contribution in [0.2, 0.25) is 5.02 Å². The third kappa shape index (κ3) is 3.03. The SMILES string of the molecule is CCN(CC)[C@@H]1C(=O)C(C(N)=O)=C(O)[C@@]2(O)C(=O)C3=C(O)c4c(O)ccc(Cl)c4C[C@H]3C[C@@H]12. The standard InChI is InChI=1S/C23H25ClN2O7/c1-3-26(4-2)17-11-8-9-7-10-12(24)5-6-13(27)15(10)18(28)14(9)20(30)23(11,33)21(31)16(19(17)29)22(25)32/h5-6,9,11,17,27-28,31,33H,3-4,7-8H2,1-2H3,(H2,25,32)/t9-,11-,17-,23-/m0/s1. The maximum Gasteiger partial charge on any atom is 0.255 e. The van der Waals surface area contributed by atoms with E-state index in [1.807, 2.05) is 0 Å². The molecule has 0 heterocycles. The highest BCUT2D eigenvalue weighted by molar-refractivity contribution is 6.32. The first kappa shape index (κ1) is 23.3. The maximum atomic E-state index is 13.7. The number of phenols is 1. The molecule has 0 unspecified atom stereocenters. The summed E-state index contributed by atoms with van der Waals surface area (Å²) in [6, 6.07) is 1.67. The zero-order valence-electron chi connectivity index (χ0n) is 18.1. The number of phenolic OH excluding ortho intramolecular Hbond substituents is 1. The second-order valence-electron chi connectivity index (χ2n) is 8.64. The van der Waals surface area contributed by atoms with Crippen LogP contribution in [-0.2, 0) is 20.8 Å². The Kier molecular flexibility index (Phi) is 5.55. The van der Waals surface area contributed by atoms with E-state index in [2.05, 4.69) is 0 Å². The minimum Gasteiger partial charge on any atom is -0.508 e. The number of primary amides is 1. The van der Waals surface area contributed by atoms with E-state index in [0.717, 1.165) is 0 Å². The normalized spacial score (nSPS) is 29.2. The number of hydrogen-bond acceptors (Lipinski definition) is 8. The van der Waals surface area contributed by atoms with Gasteiger partial charge in [-0.2, -0.15) is 0 Å². The van der Waals surface area contributed by atoms with Crippen LogP contribution in [0.5, 0.6) is 5.75 Å². The lowest BCUT2D eigenvalue weighted by atomic mass is 9.57. The Morgan fingerprint density at radius 2 is 1.85 bits per heavy atom. The van der Waals surface area contributed by atoms with Gasteiger partial charge < -0.3 is 26.2 Å². The first-order valence-electron chi connectivity index (χ1n) is 10.7. The number of rotatable bonds is 4. The van der Waals surface area contributed by atoms with Crippen LogP contribution in [0.1, 0.15) is 31.4 Å². The predicted octanol–water partition coefficient (Wildman–Crippen LogP) is 1.40. The van der Waals surface area contributed by atoms with Crippen molar-refractivity contribution in [1.82, 2.24) is 4.90 Å². The van der Waals surface area contributed by atoms with Crippen LogP contribution in [0.4, 0.5) is 0 Å². The molecule has 0 radical (unpaired) electrons. The van der Waals surface area contributed by atoms with Gasteiger partial charge in [-0.15, -0.1) is 0 Å². The number of halogens is 1. The second kappa shape index (κ2) is 7.86. The van der Waals surface area contributed by atoms with Crippen molar-refractivity contribution in [1.29, 1.82) is 0 Å². The van der Waals surface area contributed by atoms with E-state index in [0.29, 0.717) is 23.7 Å². The summed E-state index contributed by atoms with van der Waals surface area (Å²) < 4.78 is 0. The molecule has 1 saturated carbocycles. The molecule has 9 nitrogen and oxygen atoms in total. The van der Waals surface area contributed by atoms with Gasteiger partial charge in [-0.05, 0) is 49.5 Å². The predicted molar refractivity (Wildman–Crippen MR) is 118 cm³/mol. The molecule has 1 aromatic rings. The van der Waals surface area contributed by atoms with E-state index in [1.165, 1.54) is 12.1 Å². The van der Waals surface area contributed by atoms with Gasteiger partial charge in [-0.3, -0.25) is 19.3 Å². The summed E-state index contributed by atoms with van der Waals surface area (Å²) in [6.07, 6.45) is 0.211.